The van der Waals surface area contributed by atoms with Gasteiger partial charge in [0.15, 0.2) is 0 Å². The van der Waals surface area contributed by atoms with E-state index in [0.29, 0.717) is 11.8 Å². The molecule has 1 amide bonds. The SMILES string of the molecule is CN(CC1CCCC1)C(=O)C1CCC(CCN)CC1. The average Bonchev–Trinajstić information content (AvgIpc) is 2.92. The van der Waals surface area contributed by atoms with Crippen molar-refractivity contribution in [2.75, 3.05) is 20.1 Å². The van der Waals surface area contributed by atoms with Crippen LogP contribution in [0, 0.1) is 17.8 Å². The van der Waals surface area contributed by atoms with Gasteiger partial charge in [0.05, 0.1) is 0 Å². The normalized spacial score (nSPS) is 28.5. The summed E-state index contributed by atoms with van der Waals surface area (Å²) in [5.74, 6) is 2.23. The van der Waals surface area contributed by atoms with Crippen molar-refractivity contribution in [3.63, 3.8) is 0 Å². The Morgan fingerprint density at radius 1 is 1.05 bits per heavy atom. The lowest BCUT2D eigenvalue weighted by Gasteiger charge is -2.31. The van der Waals surface area contributed by atoms with Gasteiger partial charge in [0.2, 0.25) is 5.91 Å². The fourth-order valence-electron chi connectivity index (χ4n) is 3.92. The Bertz CT molecular complexity index is 278. The first-order valence-electron chi connectivity index (χ1n) is 8.15. The molecular formula is C16H30N2O. The Morgan fingerprint density at radius 3 is 2.26 bits per heavy atom. The van der Waals surface area contributed by atoms with Crippen molar-refractivity contribution in [1.29, 1.82) is 0 Å². The van der Waals surface area contributed by atoms with Crippen molar-refractivity contribution in [3.8, 4) is 0 Å². The zero-order chi connectivity index (χ0) is 13.7. The molecule has 0 aromatic rings. The first kappa shape index (κ1) is 14.8. The van der Waals surface area contributed by atoms with Crippen LogP contribution in [-0.2, 0) is 4.79 Å². The molecule has 3 nitrogen and oxygen atoms in total. The van der Waals surface area contributed by atoms with Crippen molar-refractivity contribution < 1.29 is 4.79 Å². The highest BCUT2D eigenvalue weighted by Gasteiger charge is 2.29. The molecule has 3 heteroatoms. The third-order valence-corrected chi connectivity index (χ3v) is 5.15. The number of amides is 1. The largest absolute Gasteiger partial charge is 0.345 e. The quantitative estimate of drug-likeness (QED) is 0.831. The number of carbonyl (C=O) groups excluding carboxylic acids is 1. The van der Waals surface area contributed by atoms with E-state index >= 15 is 0 Å². The number of nitrogens with two attached hydrogens (primary N) is 1. The van der Waals surface area contributed by atoms with Gasteiger partial charge in [-0.1, -0.05) is 12.8 Å². The van der Waals surface area contributed by atoms with Crippen molar-refractivity contribution in [2.45, 2.75) is 57.8 Å². The maximum Gasteiger partial charge on any atom is 0.225 e. The van der Waals surface area contributed by atoms with Crippen LogP contribution < -0.4 is 5.73 Å². The summed E-state index contributed by atoms with van der Waals surface area (Å²) in [6, 6.07) is 0. The number of hydrogen-bond donors (Lipinski definition) is 1. The number of hydrogen-bond acceptors (Lipinski definition) is 2. The monoisotopic (exact) mass is 266 g/mol. The van der Waals surface area contributed by atoms with Gasteiger partial charge in [-0.2, -0.15) is 0 Å². The lowest BCUT2D eigenvalue weighted by molar-refractivity contribution is -0.136. The van der Waals surface area contributed by atoms with E-state index in [4.69, 9.17) is 5.73 Å². The second-order valence-electron chi connectivity index (χ2n) is 6.66. The van der Waals surface area contributed by atoms with Crippen LogP contribution in [0.1, 0.15) is 57.8 Å². The summed E-state index contributed by atoms with van der Waals surface area (Å²) in [6.45, 7) is 1.78. The first-order chi connectivity index (χ1) is 9.20. The van der Waals surface area contributed by atoms with E-state index in [-0.39, 0.29) is 0 Å². The molecule has 0 heterocycles. The zero-order valence-corrected chi connectivity index (χ0v) is 12.4. The number of rotatable bonds is 5. The second-order valence-corrected chi connectivity index (χ2v) is 6.66. The highest BCUT2D eigenvalue weighted by atomic mass is 16.2. The molecule has 2 saturated carbocycles. The molecule has 0 unspecified atom stereocenters. The van der Waals surface area contributed by atoms with E-state index in [0.717, 1.165) is 44.2 Å². The summed E-state index contributed by atoms with van der Waals surface area (Å²) in [6.07, 6.45) is 11.1. The topological polar surface area (TPSA) is 46.3 Å². The third kappa shape index (κ3) is 4.20. The van der Waals surface area contributed by atoms with Crippen LogP contribution in [0.3, 0.4) is 0 Å². The Balaban J connectivity index is 1.73. The molecule has 0 aromatic carbocycles. The molecule has 2 rings (SSSR count). The fraction of sp³-hybridized carbons (Fsp3) is 0.938. The van der Waals surface area contributed by atoms with E-state index in [2.05, 4.69) is 0 Å². The van der Waals surface area contributed by atoms with Gasteiger partial charge < -0.3 is 10.6 Å². The maximum atomic E-state index is 12.5. The molecule has 0 spiro atoms. The standard InChI is InChI=1S/C16H30N2O/c1-18(12-14-4-2-3-5-14)16(19)15-8-6-13(7-9-15)10-11-17/h13-15H,2-12,17H2,1H3. The smallest absolute Gasteiger partial charge is 0.225 e. The van der Waals surface area contributed by atoms with Crippen molar-refractivity contribution in [1.82, 2.24) is 4.90 Å². The van der Waals surface area contributed by atoms with E-state index in [1.165, 1.54) is 38.5 Å². The minimum atomic E-state index is 0.292. The summed E-state index contributed by atoms with van der Waals surface area (Å²) in [4.78, 5) is 14.5. The molecular weight excluding hydrogens is 236 g/mol. The van der Waals surface area contributed by atoms with E-state index in [9.17, 15) is 4.79 Å². The molecule has 0 bridgehead atoms. The molecule has 0 aliphatic heterocycles. The van der Waals surface area contributed by atoms with Crippen LogP contribution in [0.5, 0.6) is 0 Å². The lowest BCUT2D eigenvalue weighted by atomic mass is 9.80. The maximum absolute atomic E-state index is 12.5. The van der Waals surface area contributed by atoms with Crippen LogP contribution in [0.15, 0.2) is 0 Å². The van der Waals surface area contributed by atoms with Gasteiger partial charge in [-0.25, -0.2) is 0 Å². The van der Waals surface area contributed by atoms with Gasteiger partial charge in [0.25, 0.3) is 0 Å². The van der Waals surface area contributed by atoms with Crippen molar-refractivity contribution in [2.24, 2.45) is 23.5 Å². The van der Waals surface area contributed by atoms with Crippen LogP contribution in [-0.4, -0.2) is 30.9 Å². The summed E-state index contributed by atoms with van der Waals surface area (Å²) >= 11 is 0. The fourth-order valence-corrected chi connectivity index (χ4v) is 3.92. The third-order valence-electron chi connectivity index (χ3n) is 5.15. The molecule has 0 saturated heterocycles. The van der Waals surface area contributed by atoms with Gasteiger partial charge in [0, 0.05) is 19.5 Å². The van der Waals surface area contributed by atoms with Gasteiger partial charge >= 0.3 is 0 Å². The number of nitrogens with zero attached hydrogens (tertiary/aromatic N) is 1. The van der Waals surface area contributed by atoms with Crippen LogP contribution in [0.25, 0.3) is 0 Å². The van der Waals surface area contributed by atoms with Gasteiger partial charge in [-0.15, -0.1) is 0 Å². The number of carbonyl (C=O) groups is 1. The highest BCUT2D eigenvalue weighted by molar-refractivity contribution is 5.78. The van der Waals surface area contributed by atoms with Crippen molar-refractivity contribution in [3.05, 3.63) is 0 Å². The minimum absolute atomic E-state index is 0.292. The summed E-state index contributed by atoms with van der Waals surface area (Å²) in [5.41, 5.74) is 5.62. The van der Waals surface area contributed by atoms with Crippen molar-refractivity contribution >= 4 is 5.91 Å². The van der Waals surface area contributed by atoms with E-state index < -0.39 is 0 Å². The van der Waals surface area contributed by atoms with Gasteiger partial charge in [-0.3, -0.25) is 4.79 Å². The highest BCUT2D eigenvalue weighted by Crippen LogP contribution is 2.32. The van der Waals surface area contributed by atoms with Gasteiger partial charge in [0.1, 0.15) is 0 Å². The van der Waals surface area contributed by atoms with Gasteiger partial charge in [-0.05, 0) is 63.3 Å². The minimum Gasteiger partial charge on any atom is -0.345 e. The second kappa shape index (κ2) is 7.28. The molecule has 2 fully saturated rings. The Kier molecular flexibility index (Phi) is 5.68. The first-order valence-corrected chi connectivity index (χ1v) is 8.15. The molecule has 2 aliphatic rings. The summed E-state index contributed by atoms with van der Waals surface area (Å²) < 4.78 is 0. The van der Waals surface area contributed by atoms with E-state index in [1.54, 1.807) is 0 Å². The molecule has 2 N–H and O–H groups in total. The molecule has 110 valence electrons. The Morgan fingerprint density at radius 2 is 1.68 bits per heavy atom. The predicted molar refractivity (Wildman–Crippen MR) is 78.7 cm³/mol. The Hall–Kier alpha value is -0.570. The summed E-state index contributed by atoms with van der Waals surface area (Å²) in [7, 11) is 2.01. The Labute approximate surface area is 117 Å². The molecule has 19 heavy (non-hydrogen) atoms. The van der Waals surface area contributed by atoms with Crippen LogP contribution in [0.4, 0.5) is 0 Å². The predicted octanol–water partition coefficient (Wildman–Crippen LogP) is 2.79. The molecule has 2 aliphatic carbocycles. The van der Waals surface area contributed by atoms with Crippen LogP contribution in [0.2, 0.25) is 0 Å². The molecule has 0 aromatic heterocycles. The molecule has 0 radical (unpaired) electrons. The summed E-state index contributed by atoms with van der Waals surface area (Å²) in [5, 5.41) is 0. The zero-order valence-electron chi connectivity index (χ0n) is 12.4. The average molecular weight is 266 g/mol. The van der Waals surface area contributed by atoms with Crippen LogP contribution >= 0.6 is 0 Å². The molecule has 0 atom stereocenters. The van der Waals surface area contributed by atoms with E-state index in [1.807, 2.05) is 11.9 Å². The lowest BCUT2D eigenvalue weighted by Crippen LogP contribution is -2.37.